The molecule has 0 bridgehead atoms. The van der Waals surface area contributed by atoms with Crippen LogP contribution in [-0.2, 0) is 6.42 Å². The summed E-state index contributed by atoms with van der Waals surface area (Å²) in [6, 6.07) is 14.7. The van der Waals surface area contributed by atoms with E-state index in [4.69, 9.17) is 14.9 Å². The molecule has 1 atom stereocenters. The number of furan rings is 1. The fraction of sp³-hybridized carbons (Fsp3) is 0.250. The molecular weight excluding hydrogens is 348 g/mol. The molecule has 0 aliphatic rings. The second-order valence-corrected chi connectivity index (χ2v) is 6.24. The predicted molar refractivity (Wildman–Crippen MR) is 102 cm³/mol. The van der Waals surface area contributed by atoms with Crippen molar-refractivity contribution in [1.29, 1.82) is 0 Å². The molecule has 27 heavy (non-hydrogen) atoms. The molecule has 0 saturated carbocycles. The smallest absolute Gasteiger partial charge is 0.407 e. The third kappa shape index (κ3) is 4.71. The zero-order chi connectivity index (χ0) is 19.2. The number of anilines is 1. The van der Waals surface area contributed by atoms with Gasteiger partial charge in [0.05, 0.1) is 18.5 Å². The number of aliphatic hydroxyl groups is 1. The summed E-state index contributed by atoms with van der Waals surface area (Å²) in [7, 11) is 0. The van der Waals surface area contributed by atoms with Crippen molar-refractivity contribution in [3.63, 3.8) is 0 Å². The fourth-order valence-corrected chi connectivity index (χ4v) is 2.84. The van der Waals surface area contributed by atoms with Gasteiger partial charge in [-0.3, -0.25) is 0 Å². The summed E-state index contributed by atoms with van der Waals surface area (Å²) < 4.78 is 10.8. The van der Waals surface area contributed by atoms with Crippen LogP contribution in [-0.4, -0.2) is 47.0 Å². The first kappa shape index (κ1) is 18.6. The molecule has 4 N–H and O–H groups in total. The van der Waals surface area contributed by atoms with E-state index >= 15 is 0 Å². The van der Waals surface area contributed by atoms with Crippen LogP contribution in [0.4, 0.5) is 10.5 Å². The molecular formula is C20H22N2O5. The molecule has 142 valence electrons. The van der Waals surface area contributed by atoms with Crippen LogP contribution < -0.4 is 10.5 Å². The maximum atomic E-state index is 11.4. The van der Waals surface area contributed by atoms with Crippen molar-refractivity contribution in [3.8, 4) is 5.75 Å². The van der Waals surface area contributed by atoms with Gasteiger partial charge in [-0.05, 0) is 30.2 Å². The van der Waals surface area contributed by atoms with Crippen molar-refractivity contribution in [2.75, 3.05) is 25.4 Å². The van der Waals surface area contributed by atoms with Crippen molar-refractivity contribution in [1.82, 2.24) is 4.90 Å². The summed E-state index contributed by atoms with van der Waals surface area (Å²) in [5, 5.41) is 20.3. The molecule has 0 fully saturated rings. The van der Waals surface area contributed by atoms with Gasteiger partial charge in [0.1, 0.15) is 24.0 Å². The molecule has 1 heterocycles. The van der Waals surface area contributed by atoms with E-state index in [2.05, 4.69) is 0 Å². The molecule has 0 unspecified atom stereocenters. The Bertz CT molecular complexity index is 894. The Morgan fingerprint density at radius 3 is 2.70 bits per heavy atom. The Kier molecular flexibility index (Phi) is 5.83. The first-order valence-electron chi connectivity index (χ1n) is 8.63. The second kappa shape index (κ2) is 8.46. The van der Waals surface area contributed by atoms with Gasteiger partial charge in [0.2, 0.25) is 0 Å². The zero-order valence-electron chi connectivity index (χ0n) is 14.7. The number of nitrogens with two attached hydrogens (primary N) is 1. The summed E-state index contributed by atoms with van der Waals surface area (Å²) in [5.41, 5.74) is 8.15. The number of carboxylic acid groups (broad SMARTS) is 1. The van der Waals surface area contributed by atoms with Crippen molar-refractivity contribution >= 4 is 22.7 Å². The van der Waals surface area contributed by atoms with Gasteiger partial charge in [-0.1, -0.05) is 30.3 Å². The van der Waals surface area contributed by atoms with Crippen molar-refractivity contribution in [3.05, 3.63) is 60.4 Å². The van der Waals surface area contributed by atoms with Crippen LogP contribution in [0.3, 0.4) is 0 Å². The van der Waals surface area contributed by atoms with Crippen molar-refractivity contribution in [2.24, 2.45) is 0 Å². The topological polar surface area (TPSA) is 109 Å². The third-order valence-corrected chi connectivity index (χ3v) is 4.28. The average Bonchev–Trinajstić information content (AvgIpc) is 3.15. The summed E-state index contributed by atoms with van der Waals surface area (Å²) in [4.78, 5) is 12.6. The molecule has 1 amide bonds. The first-order valence-corrected chi connectivity index (χ1v) is 8.63. The van der Waals surface area contributed by atoms with E-state index in [1.165, 1.54) is 11.2 Å². The van der Waals surface area contributed by atoms with Crippen LogP contribution in [0, 0.1) is 0 Å². The van der Waals surface area contributed by atoms with E-state index in [0.29, 0.717) is 30.0 Å². The number of nitrogens with zero attached hydrogens (tertiary/aromatic N) is 1. The van der Waals surface area contributed by atoms with Crippen LogP contribution in [0.15, 0.2) is 59.2 Å². The molecule has 0 aliphatic carbocycles. The highest BCUT2D eigenvalue weighted by molar-refractivity contribution is 5.92. The molecule has 1 aromatic heterocycles. The number of benzene rings is 2. The second-order valence-electron chi connectivity index (χ2n) is 6.24. The van der Waals surface area contributed by atoms with Gasteiger partial charge in [-0.2, -0.15) is 0 Å². The van der Waals surface area contributed by atoms with Gasteiger partial charge in [0.25, 0.3) is 0 Å². The highest BCUT2D eigenvalue weighted by Crippen LogP contribution is 2.31. The maximum absolute atomic E-state index is 11.4. The quantitative estimate of drug-likeness (QED) is 0.526. The number of amides is 1. The Labute approximate surface area is 156 Å². The number of carbonyl (C=O) groups is 1. The Balaban J connectivity index is 1.54. The Hall–Kier alpha value is -3.19. The zero-order valence-corrected chi connectivity index (χ0v) is 14.7. The summed E-state index contributed by atoms with van der Waals surface area (Å²) in [5.74, 6) is 0.425. The number of fused-ring (bicyclic) bond motifs is 1. The van der Waals surface area contributed by atoms with Crippen LogP contribution in [0.2, 0.25) is 0 Å². The summed E-state index contributed by atoms with van der Waals surface area (Å²) in [6.07, 6.45) is 0.0581. The van der Waals surface area contributed by atoms with Crippen molar-refractivity contribution in [2.45, 2.75) is 12.5 Å². The molecule has 0 saturated heterocycles. The number of ether oxygens (including phenoxy) is 1. The number of hydrogen-bond acceptors (Lipinski definition) is 5. The lowest BCUT2D eigenvalue weighted by Crippen LogP contribution is -2.40. The predicted octanol–water partition coefficient (Wildman–Crippen LogP) is 2.98. The highest BCUT2D eigenvalue weighted by Gasteiger charge is 2.18. The van der Waals surface area contributed by atoms with Gasteiger partial charge in [0.15, 0.2) is 0 Å². The summed E-state index contributed by atoms with van der Waals surface area (Å²) in [6.45, 7) is 0.179. The van der Waals surface area contributed by atoms with Gasteiger partial charge in [-0.15, -0.1) is 0 Å². The lowest BCUT2D eigenvalue weighted by Gasteiger charge is -2.23. The van der Waals surface area contributed by atoms with Gasteiger partial charge < -0.3 is 30.0 Å². The molecule has 2 aromatic carbocycles. The van der Waals surface area contributed by atoms with Gasteiger partial charge >= 0.3 is 6.09 Å². The van der Waals surface area contributed by atoms with Crippen LogP contribution in [0.25, 0.3) is 11.0 Å². The number of aliphatic hydroxyl groups excluding tert-OH is 1. The Morgan fingerprint density at radius 1 is 1.19 bits per heavy atom. The lowest BCUT2D eigenvalue weighted by atomic mass is 10.1. The minimum atomic E-state index is -1.08. The van der Waals surface area contributed by atoms with E-state index in [0.717, 1.165) is 10.9 Å². The van der Waals surface area contributed by atoms with Gasteiger partial charge in [-0.25, -0.2) is 4.79 Å². The summed E-state index contributed by atoms with van der Waals surface area (Å²) >= 11 is 0. The average molecular weight is 370 g/mol. The van der Waals surface area contributed by atoms with Gasteiger partial charge in [0, 0.05) is 11.9 Å². The minimum absolute atomic E-state index is 0.0456. The number of hydrogen-bond donors (Lipinski definition) is 3. The van der Waals surface area contributed by atoms with Crippen LogP contribution in [0.5, 0.6) is 5.75 Å². The van der Waals surface area contributed by atoms with Crippen LogP contribution in [0.1, 0.15) is 5.56 Å². The van der Waals surface area contributed by atoms with E-state index in [-0.39, 0.29) is 13.2 Å². The number of nitrogen functional groups attached to an aromatic ring is 1. The standard InChI is InChI=1S/C20H22N2O5/c21-19-16-9-11-26-17(16)6-7-18(19)27-13-15(23)12-22(20(24)25)10-8-14-4-2-1-3-5-14/h1-7,9,11,15,23H,8,10,12-13,21H2,(H,24,25)/t15-/m0/s1. The molecule has 7 nitrogen and oxygen atoms in total. The maximum Gasteiger partial charge on any atom is 0.407 e. The minimum Gasteiger partial charge on any atom is -0.489 e. The lowest BCUT2D eigenvalue weighted by molar-refractivity contribution is 0.0658. The third-order valence-electron chi connectivity index (χ3n) is 4.28. The number of rotatable bonds is 8. The highest BCUT2D eigenvalue weighted by atomic mass is 16.5. The molecule has 3 aromatic rings. The molecule has 0 radical (unpaired) electrons. The monoisotopic (exact) mass is 370 g/mol. The first-order chi connectivity index (χ1) is 13.0. The van der Waals surface area contributed by atoms with E-state index in [1.807, 2.05) is 30.3 Å². The molecule has 0 aliphatic heterocycles. The fourth-order valence-electron chi connectivity index (χ4n) is 2.84. The molecule has 7 heteroatoms. The molecule has 3 rings (SSSR count). The van der Waals surface area contributed by atoms with E-state index < -0.39 is 12.2 Å². The van der Waals surface area contributed by atoms with E-state index in [9.17, 15) is 15.0 Å². The molecule has 0 spiro atoms. The normalized spacial score (nSPS) is 12.0. The van der Waals surface area contributed by atoms with E-state index in [1.54, 1.807) is 18.2 Å². The van der Waals surface area contributed by atoms with Crippen molar-refractivity contribution < 1.29 is 24.2 Å². The Morgan fingerprint density at radius 2 is 1.96 bits per heavy atom. The SMILES string of the molecule is Nc1c(OC[C@@H](O)CN(CCc2ccccc2)C(=O)O)ccc2occc12. The largest absolute Gasteiger partial charge is 0.489 e. The van der Waals surface area contributed by atoms with Crippen LogP contribution >= 0.6 is 0 Å².